The van der Waals surface area contributed by atoms with E-state index in [-0.39, 0.29) is 0 Å². The maximum Gasteiger partial charge on any atom is 0.400 e. The monoisotopic (exact) mass is 181 g/mol. The molecule has 68 valence electrons. The minimum absolute atomic E-state index is 0.853. The first-order valence-electron chi connectivity index (χ1n) is 2.83. The Morgan fingerprint density at radius 3 is 1.18 bits per heavy atom. The molecule has 0 spiro atoms. The molecule has 6 heteroatoms. The van der Waals surface area contributed by atoms with Crippen LogP contribution >= 0.6 is 0 Å². The lowest BCUT2D eigenvalue weighted by Gasteiger charge is -2.20. The van der Waals surface area contributed by atoms with Gasteiger partial charge < -0.3 is 0 Å². The van der Waals surface area contributed by atoms with Crippen molar-refractivity contribution in [1.29, 1.82) is 0 Å². The summed E-state index contributed by atoms with van der Waals surface area (Å²) < 4.78 is 69.0. The highest BCUT2D eigenvalue weighted by atomic mass is 19.5. The minimum Gasteiger partial charge on any atom is -0.170 e. The van der Waals surface area contributed by atoms with Crippen molar-refractivity contribution in [1.82, 2.24) is 0 Å². The van der Waals surface area contributed by atoms with Gasteiger partial charge in [-0.1, -0.05) is 6.92 Å². The van der Waals surface area contributed by atoms with E-state index in [0.717, 1.165) is 6.92 Å². The van der Waals surface area contributed by atoms with Gasteiger partial charge in [0.05, 0.1) is 0 Å². The predicted octanol–water partition coefficient (Wildman–Crippen LogP) is 3.14. The Balaban J connectivity index is 4.43. The molecule has 0 saturated heterocycles. The van der Waals surface area contributed by atoms with Crippen molar-refractivity contribution in [3.05, 3.63) is 0 Å². The van der Waals surface area contributed by atoms with Crippen LogP contribution in [0, 0.1) is 5.92 Å². The van der Waals surface area contributed by atoms with Crippen LogP contribution in [0.4, 0.5) is 26.3 Å². The van der Waals surface area contributed by atoms with E-state index in [1.54, 1.807) is 0 Å². The van der Waals surface area contributed by atoms with Gasteiger partial charge in [-0.15, -0.1) is 0 Å². The number of alkyl halides is 6. The van der Waals surface area contributed by atoms with Crippen LogP contribution in [0.3, 0.4) is 0 Å². The number of halogens is 6. The molecule has 0 aliphatic rings. The van der Waals surface area contributed by atoms with Gasteiger partial charge in [-0.2, -0.15) is 26.3 Å². The Hall–Kier alpha value is -0.420. The van der Waals surface area contributed by atoms with Gasteiger partial charge >= 0.3 is 12.4 Å². The summed E-state index contributed by atoms with van der Waals surface area (Å²) in [5.74, 6) is -3.19. The molecule has 0 aliphatic carbocycles. The smallest absolute Gasteiger partial charge is 0.170 e. The van der Waals surface area contributed by atoms with E-state index in [2.05, 4.69) is 0 Å². The normalized spacial score (nSPS) is 16.6. The second-order valence-electron chi connectivity index (χ2n) is 2.04. The Morgan fingerprint density at radius 1 is 0.909 bits per heavy atom. The van der Waals surface area contributed by atoms with E-state index in [1.807, 2.05) is 0 Å². The molecule has 1 unspecified atom stereocenters. The lowest BCUT2D eigenvalue weighted by Crippen LogP contribution is -2.35. The molecule has 0 heterocycles. The molecular formula is C5H6F6. The van der Waals surface area contributed by atoms with E-state index < -0.39 is 24.7 Å². The molecular weight excluding hydrogens is 175 g/mol. The average molecular weight is 181 g/mol. The van der Waals surface area contributed by atoms with E-state index in [1.165, 1.54) is 0 Å². The molecule has 0 saturated carbocycles. The zero-order valence-electron chi connectivity index (χ0n) is 5.55. The quantitative estimate of drug-likeness (QED) is 0.430. The van der Waals surface area contributed by atoms with Gasteiger partial charge in [-0.05, 0) is 6.42 Å². The highest BCUT2D eigenvalue weighted by Gasteiger charge is 2.55. The summed E-state index contributed by atoms with van der Waals surface area (Å²) in [5.41, 5.74) is 0. The molecule has 0 aromatic rings. The van der Waals surface area contributed by atoms with E-state index in [4.69, 9.17) is 0 Å². The fraction of sp³-hybridized carbons (Fsp3) is 1.00. The third-order valence-corrected chi connectivity index (χ3v) is 1.20. The van der Waals surface area contributed by atoms with Gasteiger partial charge in [0.1, 0.15) is 5.92 Å². The first kappa shape index (κ1) is 10.6. The van der Waals surface area contributed by atoms with Gasteiger partial charge in [-0.25, -0.2) is 0 Å². The van der Waals surface area contributed by atoms with Gasteiger partial charge in [0.25, 0.3) is 0 Å². The minimum atomic E-state index is -5.17. The zero-order chi connectivity index (χ0) is 9.28. The lowest BCUT2D eigenvalue weighted by molar-refractivity contribution is -0.284. The van der Waals surface area contributed by atoms with Crippen LogP contribution in [-0.4, -0.2) is 12.4 Å². The van der Waals surface area contributed by atoms with E-state index in [9.17, 15) is 26.3 Å². The van der Waals surface area contributed by atoms with Gasteiger partial charge in [0.2, 0.25) is 0 Å². The van der Waals surface area contributed by atoms with Crippen LogP contribution in [-0.2, 0) is 0 Å². The summed E-state index contributed by atoms with van der Waals surface area (Å²) in [5, 5.41) is 0. The van der Waals surface area contributed by atoms with Crippen molar-refractivity contribution in [2.45, 2.75) is 25.7 Å². The second kappa shape index (κ2) is 2.91. The third-order valence-electron chi connectivity index (χ3n) is 1.20. The van der Waals surface area contributed by atoms with Crippen molar-refractivity contribution >= 4 is 0 Å². The van der Waals surface area contributed by atoms with Crippen LogP contribution < -0.4 is 0 Å². The fourth-order valence-electron chi connectivity index (χ4n) is 0.648. The van der Waals surface area contributed by atoms with Crippen molar-refractivity contribution < 1.29 is 26.3 Å². The molecule has 0 N–H and O–H groups in total. The Kier molecular flexibility index (Phi) is 2.79. The zero-order valence-corrected chi connectivity index (χ0v) is 5.55. The molecule has 0 rings (SSSR count). The largest absolute Gasteiger partial charge is 0.400 e. The Morgan fingerprint density at radius 2 is 1.18 bits per heavy atom. The average Bonchev–Trinajstić information content (AvgIpc) is 1.56. The summed E-state index contributed by atoms with van der Waals surface area (Å²) >= 11 is 0. The molecule has 0 fully saturated rings. The van der Waals surface area contributed by atoms with Gasteiger partial charge in [0, 0.05) is 0 Å². The Labute approximate surface area is 59.2 Å². The molecule has 0 amide bonds. The first-order valence-corrected chi connectivity index (χ1v) is 2.83. The summed E-state index contributed by atoms with van der Waals surface area (Å²) in [6.07, 6.45) is -11.3. The van der Waals surface area contributed by atoms with Crippen molar-refractivity contribution in [2.24, 2.45) is 5.92 Å². The standard InChI is InChI=1S/C5H6F6/c1-2-3(4(6,7)8)5(9,10)11/h3H,2H2,1H3/i4+1. The number of hydrogen-bond donors (Lipinski definition) is 0. The predicted molar refractivity (Wildman–Crippen MR) is 25.9 cm³/mol. The van der Waals surface area contributed by atoms with Crippen molar-refractivity contribution in [3.63, 3.8) is 0 Å². The topological polar surface area (TPSA) is 0 Å². The molecule has 0 aromatic carbocycles. The molecule has 0 radical (unpaired) electrons. The highest BCUT2D eigenvalue weighted by molar-refractivity contribution is 4.73. The summed E-state index contributed by atoms with van der Waals surface area (Å²) in [4.78, 5) is 0. The van der Waals surface area contributed by atoms with Crippen LogP contribution in [0.5, 0.6) is 0 Å². The molecule has 0 bridgehead atoms. The first-order chi connectivity index (χ1) is 4.69. The van der Waals surface area contributed by atoms with Gasteiger partial charge in [0.15, 0.2) is 0 Å². The molecule has 1 atom stereocenters. The molecule has 0 aromatic heterocycles. The summed E-state index contributed by atoms with van der Waals surface area (Å²) in [6.45, 7) is 0.853. The number of hydrogen-bond acceptors (Lipinski definition) is 0. The summed E-state index contributed by atoms with van der Waals surface area (Å²) in [7, 11) is 0. The maximum atomic E-state index is 11.5. The molecule has 0 nitrogen and oxygen atoms in total. The highest BCUT2D eigenvalue weighted by Crippen LogP contribution is 2.40. The molecule has 11 heavy (non-hydrogen) atoms. The number of rotatable bonds is 1. The van der Waals surface area contributed by atoms with Gasteiger partial charge in [-0.3, -0.25) is 0 Å². The maximum absolute atomic E-state index is 11.5. The second-order valence-corrected chi connectivity index (χ2v) is 2.04. The molecule has 0 aliphatic heterocycles. The third kappa shape index (κ3) is 2.98. The fourth-order valence-corrected chi connectivity index (χ4v) is 0.648. The van der Waals surface area contributed by atoms with E-state index >= 15 is 0 Å². The van der Waals surface area contributed by atoms with E-state index in [0.29, 0.717) is 0 Å². The lowest BCUT2D eigenvalue weighted by atomic mass is 10.2. The van der Waals surface area contributed by atoms with Crippen LogP contribution in [0.2, 0.25) is 0 Å². The van der Waals surface area contributed by atoms with Crippen molar-refractivity contribution in [3.8, 4) is 0 Å². The summed E-state index contributed by atoms with van der Waals surface area (Å²) in [6, 6.07) is 0. The van der Waals surface area contributed by atoms with Crippen molar-refractivity contribution in [2.75, 3.05) is 0 Å². The van der Waals surface area contributed by atoms with Crippen LogP contribution in [0.1, 0.15) is 13.3 Å². The Bertz CT molecular complexity index is 106. The van der Waals surface area contributed by atoms with Crippen LogP contribution in [0.15, 0.2) is 0 Å². The SMILES string of the molecule is CCC(C(F)(F)F)[13C](F)(F)F. The van der Waals surface area contributed by atoms with Crippen LogP contribution in [0.25, 0.3) is 0 Å².